The average Bonchev–Trinajstić information content (AvgIpc) is 3.51. The Labute approximate surface area is 202 Å². The van der Waals surface area contributed by atoms with Crippen LogP contribution in [0.25, 0.3) is 11.3 Å². The largest absolute Gasteiger partial charge is 0.382 e. The molecule has 2 aliphatic heterocycles. The predicted molar refractivity (Wildman–Crippen MR) is 129 cm³/mol. The molecule has 180 valence electrons. The Morgan fingerprint density at radius 1 is 1.00 bits per heavy atom. The van der Waals surface area contributed by atoms with E-state index in [1.54, 1.807) is 6.07 Å². The maximum Gasteiger partial charge on any atom is 0.159 e. The van der Waals surface area contributed by atoms with Gasteiger partial charge in [-0.3, -0.25) is 0 Å². The minimum Gasteiger partial charge on any atom is -0.382 e. The highest BCUT2D eigenvalue weighted by Crippen LogP contribution is 2.34. The summed E-state index contributed by atoms with van der Waals surface area (Å²) in [5.74, 6) is 0.461. The Morgan fingerprint density at radius 3 is 2.50 bits per heavy atom. The van der Waals surface area contributed by atoms with Crippen molar-refractivity contribution in [3.63, 3.8) is 0 Å². The van der Waals surface area contributed by atoms with E-state index < -0.39 is 11.6 Å². The van der Waals surface area contributed by atoms with Gasteiger partial charge in [-0.1, -0.05) is 11.6 Å². The van der Waals surface area contributed by atoms with Crippen molar-refractivity contribution in [3.8, 4) is 11.3 Å². The number of hydrogen-bond donors (Lipinski definition) is 1. The number of halogens is 3. The zero-order valence-electron chi connectivity index (χ0n) is 18.9. The summed E-state index contributed by atoms with van der Waals surface area (Å²) in [5, 5.41) is 0.383. The molecule has 2 saturated heterocycles. The highest BCUT2D eigenvalue weighted by atomic mass is 35.5. The van der Waals surface area contributed by atoms with Gasteiger partial charge in [0.25, 0.3) is 0 Å². The zero-order valence-corrected chi connectivity index (χ0v) is 19.7. The van der Waals surface area contributed by atoms with Crippen molar-refractivity contribution in [3.05, 3.63) is 53.2 Å². The molecule has 2 aliphatic rings. The van der Waals surface area contributed by atoms with Gasteiger partial charge in [0.05, 0.1) is 5.69 Å². The number of piperidine rings is 1. The number of aromatic nitrogens is 4. The highest BCUT2D eigenvalue weighted by Gasteiger charge is 2.27. The summed E-state index contributed by atoms with van der Waals surface area (Å²) in [6.07, 6.45) is 7.64. The van der Waals surface area contributed by atoms with Gasteiger partial charge in [0, 0.05) is 43.9 Å². The minimum absolute atomic E-state index is 0.242. The zero-order chi connectivity index (χ0) is 23.7. The Bertz CT molecular complexity index is 1150. The molecule has 1 aromatic carbocycles. The van der Waals surface area contributed by atoms with Crippen LogP contribution in [-0.4, -0.2) is 57.1 Å². The lowest BCUT2D eigenvalue weighted by molar-refractivity contribution is 0.317. The van der Waals surface area contributed by atoms with Crippen molar-refractivity contribution < 1.29 is 8.78 Å². The molecule has 0 atom stereocenters. The molecule has 7 nitrogen and oxygen atoms in total. The van der Waals surface area contributed by atoms with Crippen molar-refractivity contribution in [1.82, 2.24) is 24.4 Å². The number of likely N-dealkylation sites (tertiary alicyclic amines) is 1. The van der Waals surface area contributed by atoms with E-state index in [0.29, 0.717) is 22.1 Å². The molecular weight excluding hydrogens is 460 g/mol. The number of benzene rings is 1. The van der Waals surface area contributed by atoms with Crippen LogP contribution in [0.3, 0.4) is 0 Å². The molecule has 2 fully saturated rings. The van der Waals surface area contributed by atoms with Gasteiger partial charge in [-0.25, -0.2) is 23.7 Å². The number of anilines is 2. The molecule has 2 N–H and O–H groups in total. The van der Waals surface area contributed by atoms with Gasteiger partial charge in [-0.2, -0.15) is 0 Å². The van der Waals surface area contributed by atoms with Crippen molar-refractivity contribution in [2.24, 2.45) is 0 Å². The summed E-state index contributed by atoms with van der Waals surface area (Å²) in [6.45, 7) is 5.55. The van der Waals surface area contributed by atoms with Crippen LogP contribution in [0.15, 0.2) is 30.7 Å². The van der Waals surface area contributed by atoms with Crippen molar-refractivity contribution in [1.29, 1.82) is 0 Å². The molecular formula is C24H28ClF2N7. The quantitative estimate of drug-likeness (QED) is 0.557. The maximum atomic E-state index is 13.9. The normalized spacial score (nSPS) is 17.6. The fourth-order valence-corrected chi connectivity index (χ4v) is 5.15. The topological polar surface area (TPSA) is 76.1 Å². The second-order valence-electron chi connectivity index (χ2n) is 9.01. The molecule has 0 aliphatic carbocycles. The SMILES string of the molecule is Nc1ncnc(N2CCC(c3nc(-c4ccc(F)c(F)c4)cn3CCN3CCCC3)CC2)c1Cl. The van der Waals surface area contributed by atoms with Gasteiger partial charge in [0.1, 0.15) is 23.0 Å². The van der Waals surface area contributed by atoms with Gasteiger partial charge in [0.2, 0.25) is 0 Å². The molecule has 3 aromatic rings. The van der Waals surface area contributed by atoms with Crippen LogP contribution in [0.2, 0.25) is 5.02 Å². The molecule has 0 amide bonds. The summed E-state index contributed by atoms with van der Waals surface area (Å²) >= 11 is 6.33. The lowest BCUT2D eigenvalue weighted by atomic mass is 9.96. The monoisotopic (exact) mass is 487 g/mol. The highest BCUT2D eigenvalue weighted by molar-refractivity contribution is 6.35. The Morgan fingerprint density at radius 2 is 1.76 bits per heavy atom. The molecule has 34 heavy (non-hydrogen) atoms. The van der Waals surface area contributed by atoms with Crippen LogP contribution < -0.4 is 10.6 Å². The van der Waals surface area contributed by atoms with Crippen LogP contribution >= 0.6 is 11.6 Å². The molecule has 5 rings (SSSR count). The summed E-state index contributed by atoms with van der Waals surface area (Å²) in [5.41, 5.74) is 7.11. The summed E-state index contributed by atoms with van der Waals surface area (Å²) in [6, 6.07) is 3.96. The number of nitrogens with two attached hydrogens (primary N) is 1. The Balaban J connectivity index is 1.37. The first-order valence-electron chi connectivity index (χ1n) is 11.8. The van der Waals surface area contributed by atoms with Crippen LogP contribution in [0.1, 0.15) is 37.4 Å². The van der Waals surface area contributed by atoms with E-state index in [-0.39, 0.29) is 11.7 Å². The van der Waals surface area contributed by atoms with E-state index in [4.69, 9.17) is 22.3 Å². The molecule has 10 heteroatoms. The molecule has 0 spiro atoms. The predicted octanol–water partition coefficient (Wildman–Crippen LogP) is 4.33. The second-order valence-corrected chi connectivity index (χ2v) is 9.39. The number of imidazole rings is 1. The first kappa shape index (κ1) is 23.0. The van der Waals surface area contributed by atoms with Crippen molar-refractivity contribution >= 4 is 23.2 Å². The Kier molecular flexibility index (Phi) is 6.65. The van der Waals surface area contributed by atoms with E-state index in [1.165, 1.54) is 25.2 Å². The molecule has 4 heterocycles. The number of nitrogen functional groups attached to an aromatic ring is 1. The van der Waals surface area contributed by atoms with E-state index in [0.717, 1.165) is 64.0 Å². The standard InChI is InChI=1S/C24H28ClF2N7/c25-21-22(28)29-15-30-24(21)33-9-5-16(6-10-33)23-31-20(17-3-4-18(26)19(27)13-17)14-34(23)12-11-32-7-1-2-8-32/h3-4,13-16H,1-2,5-12H2,(H2,28,29,30). The first-order valence-corrected chi connectivity index (χ1v) is 12.1. The van der Waals surface area contributed by atoms with E-state index in [9.17, 15) is 8.78 Å². The fraction of sp³-hybridized carbons (Fsp3) is 0.458. The van der Waals surface area contributed by atoms with Crippen molar-refractivity contribution in [2.45, 2.75) is 38.1 Å². The molecule has 0 saturated carbocycles. The minimum atomic E-state index is -0.861. The molecule has 0 unspecified atom stereocenters. The van der Waals surface area contributed by atoms with Crippen LogP contribution in [0.5, 0.6) is 0 Å². The molecule has 0 bridgehead atoms. The smallest absolute Gasteiger partial charge is 0.159 e. The second kappa shape index (κ2) is 9.84. The van der Waals surface area contributed by atoms with Gasteiger partial charge >= 0.3 is 0 Å². The van der Waals surface area contributed by atoms with Crippen LogP contribution in [-0.2, 0) is 6.54 Å². The van der Waals surface area contributed by atoms with Crippen LogP contribution in [0.4, 0.5) is 20.4 Å². The molecule has 2 aromatic heterocycles. The summed E-state index contributed by atoms with van der Waals surface area (Å²) in [7, 11) is 0. The van der Waals surface area contributed by atoms with Crippen LogP contribution in [0, 0.1) is 11.6 Å². The summed E-state index contributed by atoms with van der Waals surface area (Å²) in [4.78, 5) is 17.8. The third-order valence-corrected chi connectivity index (χ3v) is 7.20. The van der Waals surface area contributed by atoms with E-state index >= 15 is 0 Å². The fourth-order valence-electron chi connectivity index (χ4n) is 4.93. The van der Waals surface area contributed by atoms with Gasteiger partial charge in [-0.05, 0) is 57.0 Å². The lowest BCUT2D eigenvalue weighted by Crippen LogP contribution is -2.35. The number of nitrogens with zero attached hydrogens (tertiary/aromatic N) is 6. The van der Waals surface area contributed by atoms with Gasteiger partial charge in [-0.15, -0.1) is 0 Å². The van der Waals surface area contributed by atoms with E-state index in [2.05, 4.69) is 24.3 Å². The Hall–Kier alpha value is -2.78. The molecule has 0 radical (unpaired) electrons. The third kappa shape index (κ3) is 4.72. The third-order valence-electron chi connectivity index (χ3n) is 6.84. The van der Waals surface area contributed by atoms with Crippen molar-refractivity contribution in [2.75, 3.05) is 43.4 Å². The van der Waals surface area contributed by atoms with E-state index in [1.807, 2.05) is 6.20 Å². The first-order chi connectivity index (χ1) is 16.5. The van der Waals surface area contributed by atoms with Gasteiger partial charge in [0.15, 0.2) is 17.5 Å². The maximum absolute atomic E-state index is 13.9. The number of rotatable bonds is 6. The summed E-state index contributed by atoms with van der Waals surface area (Å²) < 4.78 is 29.6. The lowest BCUT2D eigenvalue weighted by Gasteiger charge is -2.33. The van der Waals surface area contributed by atoms with Gasteiger partial charge < -0.3 is 20.1 Å². The number of hydrogen-bond acceptors (Lipinski definition) is 6. The average molecular weight is 488 g/mol.